The first-order chi connectivity index (χ1) is 13.7. The molecule has 150 valence electrons. The first kappa shape index (κ1) is 19.9. The maximum atomic E-state index is 12.3. The highest BCUT2D eigenvalue weighted by molar-refractivity contribution is 5.92. The molecular weight excluding hydrogens is 358 g/mol. The lowest BCUT2D eigenvalue weighted by molar-refractivity contribution is 0.0943. The van der Waals surface area contributed by atoms with Crippen molar-refractivity contribution in [3.8, 4) is 5.75 Å². The molecule has 1 aliphatic rings. The monoisotopic (exact) mass is 385 g/mol. The van der Waals surface area contributed by atoms with Crippen molar-refractivity contribution in [2.75, 3.05) is 63.4 Å². The Bertz CT molecular complexity index is 761. The largest absolute Gasteiger partial charge is 0.497 e. The number of carbonyl (C=O) groups is 1. The number of benzene rings is 1. The Labute approximate surface area is 165 Å². The van der Waals surface area contributed by atoms with Gasteiger partial charge in [-0.3, -0.25) is 4.79 Å². The molecule has 1 aliphatic heterocycles. The van der Waals surface area contributed by atoms with Crippen LogP contribution in [-0.2, 0) is 4.74 Å². The SMILES string of the molecule is COCCCNC(=O)c1ccnc(N2CCN(c3ccc(OC)cc3)CC2)n1. The third kappa shape index (κ3) is 5.10. The van der Waals surface area contributed by atoms with Gasteiger partial charge in [-0.2, -0.15) is 0 Å². The van der Waals surface area contributed by atoms with E-state index in [-0.39, 0.29) is 5.91 Å². The number of hydrogen-bond donors (Lipinski definition) is 1. The molecule has 1 fully saturated rings. The minimum Gasteiger partial charge on any atom is -0.497 e. The molecule has 2 heterocycles. The van der Waals surface area contributed by atoms with E-state index in [9.17, 15) is 4.79 Å². The second kappa shape index (κ2) is 9.89. The van der Waals surface area contributed by atoms with Gasteiger partial charge in [-0.05, 0) is 36.8 Å². The van der Waals surface area contributed by atoms with Crippen molar-refractivity contribution in [2.24, 2.45) is 0 Å². The first-order valence-corrected chi connectivity index (χ1v) is 9.45. The first-order valence-electron chi connectivity index (χ1n) is 9.45. The lowest BCUT2D eigenvalue weighted by Crippen LogP contribution is -2.47. The van der Waals surface area contributed by atoms with E-state index in [1.807, 2.05) is 12.1 Å². The van der Waals surface area contributed by atoms with Crippen LogP contribution in [0.1, 0.15) is 16.9 Å². The van der Waals surface area contributed by atoms with Gasteiger partial charge in [-0.1, -0.05) is 0 Å². The van der Waals surface area contributed by atoms with E-state index < -0.39 is 0 Å². The topological polar surface area (TPSA) is 79.8 Å². The smallest absolute Gasteiger partial charge is 0.270 e. The summed E-state index contributed by atoms with van der Waals surface area (Å²) in [5.41, 5.74) is 1.56. The number of amides is 1. The van der Waals surface area contributed by atoms with Crippen LogP contribution in [0.4, 0.5) is 11.6 Å². The Kier molecular flexibility index (Phi) is 7.02. The molecule has 0 unspecified atom stereocenters. The van der Waals surface area contributed by atoms with Crippen molar-refractivity contribution in [3.05, 3.63) is 42.2 Å². The van der Waals surface area contributed by atoms with Crippen LogP contribution in [0.5, 0.6) is 5.75 Å². The molecule has 2 aromatic rings. The fourth-order valence-electron chi connectivity index (χ4n) is 3.09. The van der Waals surface area contributed by atoms with Crippen LogP contribution in [-0.4, -0.2) is 69.4 Å². The molecule has 1 amide bonds. The molecule has 8 nitrogen and oxygen atoms in total. The minimum absolute atomic E-state index is 0.184. The number of ether oxygens (including phenoxy) is 2. The number of nitrogens with zero attached hydrogens (tertiary/aromatic N) is 4. The summed E-state index contributed by atoms with van der Waals surface area (Å²) in [4.78, 5) is 25.5. The van der Waals surface area contributed by atoms with Gasteiger partial charge in [0.15, 0.2) is 0 Å². The lowest BCUT2D eigenvalue weighted by atomic mass is 10.2. The van der Waals surface area contributed by atoms with Crippen LogP contribution in [0, 0.1) is 0 Å². The number of nitrogens with one attached hydrogen (secondary N) is 1. The maximum Gasteiger partial charge on any atom is 0.270 e. The summed E-state index contributed by atoms with van der Waals surface area (Å²) >= 11 is 0. The standard InChI is InChI=1S/C20H27N5O3/c1-27-15-3-9-21-19(26)18-8-10-22-20(23-18)25-13-11-24(12-14-25)16-4-6-17(28-2)7-5-16/h4-8,10H,3,9,11-15H2,1-2H3,(H,21,26). The number of methoxy groups -OCH3 is 2. The van der Waals surface area contributed by atoms with E-state index in [1.54, 1.807) is 26.5 Å². The Morgan fingerprint density at radius 2 is 1.79 bits per heavy atom. The van der Waals surface area contributed by atoms with Crippen molar-refractivity contribution in [3.63, 3.8) is 0 Å². The Hall–Kier alpha value is -2.87. The van der Waals surface area contributed by atoms with Gasteiger partial charge in [-0.15, -0.1) is 0 Å². The molecule has 1 N–H and O–H groups in total. The average molecular weight is 385 g/mol. The molecule has 3 rings (SSSR count). The highest BCUT2D eigenvalue weighted by Gasteiger charge is 2.20. The van der Waals surface area contributed by atoms with Crippen molar-refractivity contribution >= 4 is 17.5 Å². The van der Waals surface area contributed by atoms with E-state index >= 15 is 0 Å². The molecule has 0 bridgehead atoms. The third-order valence-electron chi connectivity index (χ3n) is 4.69. The normalized spacial score (nSPS) is 14.1. The lowest BCUT2D eigenvalue weighted by Gasteiger charge is -2.36. The van der Waals surface area contributed by atoms with Crippen LogP contribution in [0.2, 0.25) is 0 Å². The van der Waals surface area contributed by atoms with Gasteiger partial charge >= 0.3 is 0 Å². The summed E-state index contributed by atoms with van der Waals surface area (Å²) in [5.74, 6) is 1.27. The zero-order chi connectivity index (χ0) is 19.8. The van der Waals surface area contributed by atoms with Gasteiger partial charge in [0, 0.05) is 58.3 Å². The Balaban J connectivity index is 1.55. The summed E-state index contributed by atoms with van der Waals surface area (Å²) in [6.07, 6.45) is 2.41. The number of hydrogen-bond acceptors (Lipinski definition) is 7. The van der Waals surface area contributed by atoms with E-state index in [4.69, 9.17) is 9.47 Å². The fraction of sp³-hybridized carbons (Fsp3) is 0.450. The molecule has 8 heteroatoms. The molecule has 0 aliphatic carbocycles. The van der Waals surface area contributed by atoms with Gasteiger partial charge < -0.3 is 24.6 Å². The number of rotatable bonds is 8. The molecular formula is C20H27N5O3. The van der Waals surface area contributed by atoms with Gasteiger partial charge in [0.05, 0.1) is 7.11 Å². The Morgan fingerprint density at radius 1 is 1.07 bits per heavy atom. The highest BCUT2D eigenvalue weighted by Crippen LogP contribution is 2.21. The molecule has 0 atom stereocenters. The third-order valence-corrected chi connectivity index (χ3v) is 4.69. The highest BCUT2D eigenvalue weighted by atomic mass is 16.5. The second-order valence-electron chi connectivity index (χ2n) is 6.52. The van der Waals surface area contributed by atoms with Crippen molar-refractivity contribution < 1.29 is 14.3 Å². The van der Waals surface area contributed by atoms with Gasteiger partial charge in [0.25, 0.3) is 5.91 Å². The van der Waals surface area contributed by atoms with E-state index in [2.05, 4.69) is 37.2 Å². The molecule has 0 spiro atoms. The summed E-state index contributed by atoms with van der Waals surface area (Å²) in [5, 5.41) is 2.86. The van der Waals surface area contributed by atoms with Crippen LogP contribution < -0.4 is 19.9 Å². The molecule has 28 heavy (non-hydrogen) atoms. The quantitative estimate of drug-likeness (QED) is 0.691. The predicted octanol–water partition coefficient (Wildman–Crippen LogP) is 1.58. The van der Waals surface area contributed by atoms with E-state index in [1.165, 1.54) is 5.69 Å². The summed E-state index contributed by atoms with van der Waals surface area (Å²) in [6, 6.07) is 9.72. The molecule has 1 saturated heterocycles. The second-order valence-corrected chi connectivity index (χ2v) is 6.52. The maximum absolute atomic E-state index is 12.3. The summed E-state index contributed by atoms with van der Waals surface area (Å²) in [7, 11) is 3.31. The van der Waals surface area contributed by atoms with Crippen LogP contribution >= 0.6 is 0 Å². The number of piperazine rings is 1. The molecule has 1 aromatic heterocycles. The van der Waals surface area contributed by atoms with Gasteiger partial charge in [-0.25, -0.2) is 9.97 Å². The van der Waals surface area contributed by atoms with E-state index in [0.717, 1.165) is 38.3 Å². The molecule has 0 radical (unpaired) electrons. The average Bonchev–Trinajstić information content (AvgIpc) is 2.77. The summed E-state index contributed by atoms with van der Waals surface area (Å²) < 4.78 is 10.2. The van der Waals surface area contributed by atoms with Gasteiger partial charge in [0.2, 0.25) is 5.95 Å². The fourth-order valence-corrected chi connectivity index (χ4v) is 3.09. The number of anilines is 2. The zero-order valence-corrected chi connectivity index (χ0v) is 16.4. The zero-order valence-electron chi connectivity index (χ0n) is 16.4. The number of carbonyl (C=O) groups excluding carboxylic acids is 1. The van der Waals surface area contributed by atoms with Crippen molar-refractivity contribution in [1.82, 2.24) is 15.3 Å². The number of aromatic nitrogens is 2. The summed E-state index contributed by atoms with van der Waals surface area (Å²) in [6.45, 7) is 4.50. The van der Waals surface area contributed by atoms with Crippen LogP contribution in [0.3, 0.4) is 0 Å². The minimum atomic E-state index is -0.184. The van der Waals surface area contributed by atoms with Crippen molar-refractivity contribution in [1.29, 1.82) is 0 Å². The Morgan fingerprint density at radius 3 is 2.46 bits per heavy atom. The van der Waals surface area contributed by atoms with Crippen LogP contribution in [0.15, 0.2) is 36.5 Å². The van der Waals surface area contributed by atoms with Crippen LogP contribution in [0.25, 0.3) is 0 Å². The van der Waals surface area contributed by atoms with E-state index in [0.29, 0.717) is 24.8 Å². The van der Waals surface area contributed by atoms with Crippen molar-refractivity contribution in [2.45, 2.75) is 6.42 Å². The van der Waals surface area contributed by atoms with Gasteiger partial charge in [0.1, 0.15) is 11.4 Å². The molecule has 1 aromatic carbocycles. The predicted molar refractivity (Wildman–Crippen MR) is 108 cm³/mol. The molecule has 0 saturated carbocycles.